The molecule has 0 saturated carbocycles. The van der Waals surface area contributed by atoms with Crippen molar-refractivity contribution < 1.29 is 9.26 Å². The first-order valence-corrected chi connectivity index (χ1v) is 6.21. The van der Waals surface area contributed by atoms with Crippen molar-refractivity contribution in [2.45, 2.75) is 19.4 Å². The number of nitrogens with zero attached hydrogens (tertiary/aromatic N) is 2. The van der Waals surface area contributed by atoms with Gasteiger partial charge in [-0.15, -0.1) is 0 Å². The van der Waals surface area contributed by atoms with Gasteiger partial charge >= 0.3 is 0 Å². The van der Waals surface area contributed by atoms with Crippen molar-refractivity contribution in [2.75, 3.05) is 13.7 Å². The fraction of sp³-hybridized carbons (Fsp3) is 0.385. The van der Waals surface area contributed by atoms with Gasteiger partial charge in [-0.2, -0.15) is 4.98 Å². The van der Waals surface area contributed by atoms with Crippen LogP contribution in [0.2, 0.25) is 5.02 Å². The van der Waals surface area contributed by atoms with Crippen LogP contribution in [-0.2, 0) is 10.3 Å². The molecule has 5 nitrogen and oxygen atoms in total. The Kier molecular flexibility index (Phi) is 3.89. The number of benzene rings is 1. The van der Waals surface area contributed by atoms with E-state index in [1.165, 1.54) is 0 Å². The molecule has 1 aromatic carbocycles. The molecule has 0 radical (unpaired) electrons. The molecular weight excluding hydrogens is 266 g/mol. The Labute approximate surface area is 116 Å². The summed E-state index contributed by atoms with van der Waals surface area (Å²) in [5.74, 6) is 0.812. The summed E-state index contributed by atoms with van der Waals surface area (Å²) in [6.45, 7) is 3.99. The van der Waals surface area contributed by atoms with Gasteiger partial charge < -0.3 is 15.0 Å². The van der Waals surface area contributed by atoms with Crippen molar-refractivity contribution in [3.05, 3.63) is 34.6 Å². The monoisotopic (exact) mass is 281 g/mol. The van der Waals surface area contributed by atoms with Gasteiger partial charge in [0, 0.05) is 17.7 Å². The molecule has 2 aromatic rings. The van der Waals surface area contributed by atoms with Crippen molar-refractivity contribution >= 4 is 11.6 Å². The number of halogens is 1. The summed E-state index contributed by atoms with van der Waals surface area (Å²) >= 11 is 6.08. The van der Waals surface area contributed by atoms with E-state index in [1.807, 2.05) is 25.1 Å². The second-order valence-electron chi connectivity index (χ2n) is 4.69. The van der Waals surface area contributed by atoms with Gasteiger partial charge in [0.05, 0.1) is 6.61 Å². The number of ether oxygens (including phenoxy) is 1. The second kappa shape index (κ2) is 5.28. The zero-order valence-corrected chi connectivity index (χ0v) is 11.9. The number of methoxy groups -OCH3 is 1. The van der Waals surface area contributed by atoms with Crippen molar-refractivity contribution in [1.29, 1.82) is 0 Å². The molecular formula is C13H16ClN3O2. The first kappa shape index (κ1) is 14.0. The molecule has 6 heteroatoms. The number of aromatic nitrogens is 2. The third-order valence-electron chi connectivity index (χ3n) is 2.88. The average molecular weight is 282 g/mol. The van der Waals surface area contributed by atoms with Crippen LogP contribution in [0.3, 0.4) is 0 Å². The predicted octanol–water partition coefficient (Wildman–Crippen LogP) is 2.52. The summed E-state index contributed by atoms with van der Waals surface area (Å²) in [4.78, 5) is 4.33. The van der Waals surface area contributed by atoms with Gasteiger partial charge in [0.1, 0.15) is 5.54 Å². The zero-order valence-electron chi connectivity index (χ0n) is 11.1. The molecule has 0 saturated heterocycles. The smallest absolute Gasteiger partial charge is 0.258 e. The van der Waals surface area contributed by atoms with Crippen LogP contribution >= 0.6 is 11.6 Å². The number of hydrogen-bond acceptors (Lipinski definition) is 5. The van der Waals surface area contributed by atoms with Gasteiger partial charge in [-0.1, -0.05) is 22.8 Å². The summed E-state index contributed by atoms with van der Waals surface area (Å²) in [5, 5.41) is 4.58. The molecule has 19 heavy (non-hydrogen) atoms. The van der Waals surface area contributed by atoms with E-state index in [2.05, 4.69) is 10.1 Å². The Balaban J connectivity index is 2.39. The minimum absolute atomic E-state index is 0.306. The lowest BCUT2D eigenvalue weighted by molar-refractivity contribution is 0.135. The topological polar surface area (TPSA) is 74.2 Å². The quantitative estimate of drug-likeness (QED) is 0.932. The van der Waals surface area contributed by atoms with Gasteiger partial charge in [-0.3, -0.25) is 0 Å². The maximum atomic E-state index is 6.08. The standard InChI is InChI=1S/C13H16ClN3O2/c1-8-9(5-4-6-10(8)14)11-16-12(17-19-11)13(2,15)7-18-3/h4-6H,7,15H2,1-3H3. The summed E-state index contributed by atoms with van der Waals surface area (Å²) in [6.07, 6.45) is 0. The van der Waals surface area contributed by atoms with Gasteiger partial charge in [0.25, 0.3) is 5.89 Å². The number of hydrogen-bond donors (Lipinski definition) is 1. The maximum Gasteiger partial charge on any atom is 0.258 e. The molecule has 1 atom stereocenters. The van der Waals surface area contributed by atoms with E-state index in [9.17, 15) is 0 Å². The van der Waals surface area contributed by atoms with Crippen LogP contribution < -0.4 is 5.73 Å². The summed E-state index contributed by atoms with van der Waals surface area (Å²) < 4.78 is 10.3. The Morgan fingerprint density at radius 2 is 2.21 bits per heavy atom. The van der Waals surface area contributed by atoms with Crippen LogP contribution in [0.15, 0.2) is 22.7 Å². The third kappa shape index (κ3) is 2.78. The minimum Gasteiger partial charge on any atom is -0.382 e. The largest absolute Gasteiger partial charge is 0.382 e. The maximum absolute atomic E-state index is 6.08. The zero-order chi connectivity index (χ0) is 14.0. The summed E-state index contributed by atoms with van der Waals surface area (Å²) in [6, 6.07) is 5.53. The van der Waals surface area contributed by atoms with Gasteiger partial charge in [-0.05, 0) is 31.5 Å². The highest BCUT2D eigenvalue weighted by molar-refractivity contribution is 6.31. The highest BCUT2D eigenvalue weighted by atomic mass is 35.5. The van der Waals surface area contributed by atoms with E-state index >= 15 is 0 Å². The molecule has 0 aliphatic carbocycles. The van der Waals surface area contributed by atoms with Crippen molar-refractivity contribution in [2.24, 2.45) is 5.73 Å². The lowest BCUT2D eigenvalue weighted by atomic mass is 10.1. The first-order chi connectivity index (χ1) is 8.95. The van der Waals surface area contributed by atoms with E-state index in [4.69, 9.17) is 26.6 Å². The van der Waals surface area contributed by atoms with Crippen molar-refractivity contribution in [3.63, 3.8) is 0 Å². The molecule has 1 unspecified atom stereocenters. The van der Waals surface area contributed by atoms with E-state index in [1.54, 1.807) is 14.0 Å². The summed E-state index contributed by atoms with van der Waals surface area (Å²) in [7, 11) is 1.58. The van der Waals surface area contributed by atoms with Crippen LogP contribution in [-0.4, -0.2) is 23.9 Å². The molecule has 0 aliphatic rings. The molecule has 0 amide bonds. The molecule has 102 valence electrons. The Morgan fingerprint density at radius 1 is 1.47 bits per heavy atom. The van der Waals surface area contributed by atoms with E-state index in [0.717, 1.165) is 11.1 Å². The fourth-order valence-electron chi connectivity index (χ4n) is 1.77. The normalized spacial score (nSPS) is 14.4. The van der Waals surface area contributed by atoms with Crippen LogP contribution in [0.1, 0.15) is 18.3 Å². The molecule has 2 N–H and O–H groups in total. The average Bonchev–Trinajstić information content (AvgIpc) is 2.82. The lowest BCUT2D eigenvalue weighted by Gasteiger charge is -2.18. The Hall–Kier alpha value is -1.43. The molecule has 2 rings (SSSR count). The highest BCUT2D eigenvalue weighted by Gasteiger charge is 2.28. The molecule has 0 aliphatic heterocycles. The molecule has 1 heterocycles. The predicted molar refractivity (Wildman–Crippen MR) is 72.9 cm³/mol. The number of rotatable bonds is 4. The van der Waals surface area contributed by atoms with Gasteiger partial charge in [0.15, 0.2) is 5.82 Å². The third-order valence-corrected chi connectivity index (χ3v) is 3.29. The van der Waals surface area contributed by atoms with E-state index in [0.29, 0.717) is 23.3 Å². The molecule has 0 bridgehead atoms. The van der Waals surface area contributed by atoms with E-state index < -0.39 is 5.54 Å². The van der Waals surface area contributed by atoms with Crippen LogP contribution in [0.5, 0.6) is 0 Å². The van der Waals surface area contributed by atoms with Crippen LogP contribution in [0.4, 0.5) is 0 Å². The minimum atomic E-state index is -0.789. The van der Waals surface area contributed by atoms with E-state index in [-0.39, 0.29) is 0 Å². The summed E-state index contributed by atoms with van der Waals surface area (Å²) in [5.41, 5.74) is 6.98. The first-order valence-electron chi connectivity index (χ1n) is 5.83. The fourth-order valence-corrected chi connectivity index (χ4v) is 1.94. The molecule has 0 fully saturated rings. The molecule has 1 aromatic heterocycles. The lowest BCUT2D eigenvalue weighted by Crippen LogP contribution is -2.38. The van der Waals surface area contributed by atoms with Crippen LogP contribution in [0, 0.1) is 6.92 Å². The Morgan fingerprint density at radius 3 is 2.89 bits per heavy atom. The van der Waals surface area contributed by atoms with Gasteiger partial charge in [-0.25, -0.2) is 0 Å². The second-order valence-corrected chi connectivity index (χ2v) is 5.09. The van der Waals surface area contributed by atoms with Crippen molar-refractivity contribution in [1.82, 2.24) is 10.1 Å². The van der Waals surface area contributed by atoms with Crippen molar-refractivity contribution in [3.8, 4) is 11.5 Å². The van der Waals surface area contributed by atoms with Crippen LogP contribution in [0.25, 0.3) is 11.5 Å². The molecule has 0 spiro atoms. The number of nitrogens with two attached hydrogens (primary N) is 1. The Bertz CT molecular complexity index is 581. The van der Waals surface area contributed by atoms with Gasteiger partial charge in [0.2, 0.25) is 0 Å². The SMILES string of the molecule is COCC(C)(N)c1noc(-c2cccc(Cl)c2C)n1. The highest BCUT2D eigenvalue weighted by Crippen LogP contribution is 2.28.